The molecule has 0 saturated carbocycles. The van der Waals surface area contributed by atoms with Gasteiger partial charge in [-0.05, 0) is 56.3 Å². The molecule has 7 heteroatoms. The minimum absolute atomic E-state index is 0.0403. The number of sulfonamides is 1. The van der Waals surface area contributed by atoms with Crippen molar-refractivity contribution in [3.05, 3.63) is 66.2 Å². The molecule has 3 aromatic rings. The number of hydrogen-bond acceptors (Lipinski definition) is 4. The van der Waals surface area contributed by atoms with E-state index in [2.05, 4.69) is 0 Å². The third-order valence-electron chi connectivity index (χ3n) is 6.36. The van der Waals surface area contributed by atoms with E-state index < -0.39 is 10.0 Å². The summed E-state index contributed by atoms with van der Waals surface area (Å²) in [7, 11) is -2.36. The van der Waals surface area contributed by atoms with E-state index in [0.717, 1.165) is 35.7 Å². The van der Waals surface area contributed by atoms with Gasteiger partial charge in [-0.1, -0.05) is 42.8 Å². The molecule has 0 aromatic heterocycles. The predicted octanol–water partition coefficient (Wildman–Crippen LogP) is 5.08. The molecule has 0 spiro atoms. The van der Waals surface area contributed by atoms with Crippen LogP contribution in [-0.4, -0.2) is 44.9 Å². The lowest BCUT2D eigenvalue weighted by atomic mass is 10.1. The quantitative estimate of drug-likeness (QED) is 0.508. The molecule has 1 unspecified atom stereocenters. The highest BCUT2D eigenvalue weighted by Crippen LogP contribution is 2.33. The monoisotopic (exact) mass is 466 g/mol. The van der Waals surface area contributed by atoms with Crippen LogP contribution in [0.1, 0.15) is 43.5 Å². The highest BCUT2D eigenvalue weighted by Gasteiger charge is 2.34. The van der Waals surface area contributed by atoms with Gasteiger partial charge in [-0.25, -0.2) is 8.42 Å². The number of anilines is 1. The molecule has 1 amide bonds. The van der Waals surface area contributed by atoms with Gasteiger partial charge in [0, 0.05) is 30.1 Å². The maximum atomic E-state index is 13.6. The lowest BCUT2D eigenvalue weighted by Gasteiger charge is -2.32. The maximum absolute atomic E-state index is 13.6. The van der Waals surface area contributed by atoms with E-state index in [1.807, 2.05) is 56.3 Å². The van der Waals surface area contributed by atoms with Crippen LogP contribution in [0.4, 0.5) is 5.69 Å². The summed E-state index contributed by atoms with van der Waals surface area (Å²) in [6.45, 7) is 4.76. The van der Waals surface area contributed by atoms with Crippen molar-refractivity contribution in [1.29, 1.82) is 0 Å². The van der Waals surface area contributed by atoms with Gasteiger partial charge in [0.05, 0.1) is 12.8 Å². The number of hydrogen-bond donors (Lipinski definition) is 0. The van der Waals surface area contributed by atoms with E-state index in [1.54, 1.807) is 17.0 Å². The van der Waals surface area contributed by atoms with E-state index in [1.165, 1.54) is 17.5 Å². The van der Waals surface area contributed by atoms with Gasteiger partial charge in [0.25, 0.3) is 5.91 Å². The first-order valence-electron chi connectivity index (χ1n) is 11.4. The van der Waals surface area contributed by atoms with Gasteiger partial charge in [0.2, 0.25) is 10.0 Å². The first-order valence-corrected chi connectivity index (χ1v) is 12.8. The summed E-state index contributed by atoms with van der Waals surface area (Å²) >= 11 is 0. The topological polar surface area (TPSA) is 66.9 Å². The molecule has 0 aliphatic carbocycles. The van der Waals surface area contributed by atoms with Crippen molar-refractivity contribution in [2.75, 3.05) is 25.1 Å². The zero-order valence-corrected chi connectivity index (χ0v) is 20.1. The average molecular weight is 467 g/mol. The lowest BCUT2D eigenvalue weighted by molar-refractivity contribution is 0.0988. The van der Waals surface area contributed by atoms with Crippen molar-refractivity contribution in [1.82, 2.24) is 4.31 Å². The van der Waals surface area contributed by atoms with E-state index in [-0.39, 0.29) is 22.6 Å². The fraction of sp³-hybridized carbons (Fsp3) is 0.346. The van der Waals surface area contributed by atoms with Gasteiger partial charge in [-0.2, -0.15) is 4.31 Å². The lowest BCUT2D eigenvalue weighted by Crippen LogP contribution is -2.42. The number of rotatable bonds is 6. The van der Waals surface area contributed by atoms with E-state index in [4.69, 9.17) is 4.74 Å². The van der Waals surface area contributed by atoms with Crippen LogP contribution in [0.15, 0.2) is 65.6 Å². The van der Waals surface area contributed by atoms with Crippen molar-refractivity contribution in [3.63, 3.8) is 0 Å². The Morgan fingerprint density at radius 1 is 1.09 bits per heavy atom. The molecule has 1 heterocycles. The van der Waals surface area contributed by atoms with Crippen molar-refractivity contribution in [3.8, 4) is 5.75 Å². The SMILES string of the molecule is CCN(C(=O)c1ccc(OC)c(S(=O)(=O)N2CCCCC2C)c1)c1cccc2ccccc12. The molecule has 33 heavy (non-hydrogen) atoms. The van der Waals surface area contributed by atoms with Crippen LogP contribution in [0.2, 0.25) is 0 Å². The predicted molar refractivity (Wildman–Crippen MR) is 131 cm³/mol. The Kier molecular flexibility index (Phi) is 6.72. The van der Waals surface area contributed by atoms with Crippen LogP contribution >= 0.6 is 0 Å². The first kappa shape index (κ1) is 23.3. The van der Waals surface area contributed by atoms with Crippen molar-refractivity contribution in [2.24, 2.45) is 0 Å². The molecule has 1 saturated heterocycles. The molecule has 0 N–H and O–H groups in total. The summed E-state index contributed by atoms with van der Waals surface area (Å²) in [5.74, 6) is -0.00261. The van der Waals surface area contributed by atoms with E-state index >= 15 is 0 Å². The van der Waals surface area contributed by atoms with Gasteiger partial charge in [-0.15, -0.1) is 0 Å². The highest BCUT2D eigenvalue weighted by molar-refractivity contribution is 7.89. The highest BCUT2D eigenvalue weighted by atomic mass is 32.2. The summed E-state index contributed by atoms with van der Waals surface area (Å²) in [6, 6.07) is 18.3. The molecule has 1 aliphatic heterocycles. The van der Waals surface area contributed by atoms with E-state index in [9.17, 15) is 13.2 Å². The van der Waals surface area contributed by atoms with E-state index in [0.29, 0.717) is 18.7 Å². The Balaban J connectivity index is 1.77. The van der Waals surface area contributed by atoms with Crippen LogP contribution in [0.5, 0.6) is 5.75 Å². The molecule has 6 nitrogen and oxygen atoms in total. The third kappa shape index (κ3) is 4.35. The Morgan fingerprint density at radius 3 is 2.58 bits per heavy atom. The van der Waals surface area contributed by atoms with Gasteiger partial charge >= 0.3 is 0 Å². The van der Waals surface area contributed by atoms with Gasteiger partial charge in [0.1, 0.15) is 10.6 Å². The van der Waals surface area contributed by atoms with Crippen molar-refractivity contribution < 1.29 is 17.9 Å². The number of carbonyl (C=O) groups is 1. The standard InChI is InChI=1S/C26H30N2O4S/c1-4-27(23-14-9-12-20-11-5-6-13-22(20)23)26(29)21-15-16-24(32-3)25(18-21)33(30,31)28-17-8-7-10-19(28)2/h5-6,9,11-16,18-19H,4,7-8,10,17H2,1-3H3. The van der Waals surface area contributed by atoms with Crippen LogP contribution in [0.25, 0.3) is 10.8 Å². The van der Waals surface area contributed by atoms with Crippen LogP contribution in [0, 0.1) is 0 Å². The molecule has 0 bridgehead atoms. The molecular formula is C26H30N2O4S. The summed E-state index contributed by atoms with van der Waals surface area (Å²) in [5.41, 5.74) is 1.11. The van der Waals surface area contributed by atoms with Gasteiger partial charge < -0.3 is 9.64 Å². The fourth-order valence-electron chi connectivity index (χ4n) is 4.59. The van der Waals surface area contributed by atoms with Crippen molar-refractivity contribution in [2.45, 2.75) is 44.0 Å². The third-order valence-corrected chi connectivity index (χ3v) is 8.39. The molecule has 0 radical (unpaired) electrons. The summed E-state index contributed by atoms with van der Waals surface area (Å²) in [6.07, 6.45) is 2.67. The average Bonchev–Trinajstić information content (AvgIpc) is 2.84. The summed E-state index contributed by atoms with van der Waals surface area (Å²) < 4.78 is 34.0. The molecule has 174 valence electrons. The van der Waals surface area contributed by atoms with Crippen LogP contribution < -0.4 is 9.64 Å². The Hall–Kier alpha value is -2.90. The maximum Gasteiger partial charge on any atom is 0.258 e. The Labute approximate surface area is 195 Å². The van der Waals surface area contributed by atoms with Crippen molar-refractivity contribution >= 4 is 32.4 Å². The second kappa shape index (κ2) is 9.53. The minimum atomic E-state index is -3.80. The first-order chi connectivity index (χ1) is 15.9. The second-order valence-electron chi connectivity index (χ2n) is 8.37. The molecule has 1 fully saturated rings. The number of methoxy groups -OCH3 is 1. The summed E-state index contributed by atoms with van der Waals surface area (Å²) in [4.78, 5) is 15.3. The normalized spacial score (nSPS) is 17.1. The number of nitrogens with zero attached hydrogens (tertiary/aromatic N) is 2. The van der Waals surface area contributed by atoms with Gasteiger partial charge in [-0.3, -0.25) is 4.79 Å². The Bertz CT molecular complexity index is 1270. The number of carbonyl (C=O) groups excluding carboxylic acids is 1. The molecule has 4 rings (SSSR count). The van der Waals surface area contributed by atoms with Crippen LogP contribution in [-0.2, 0) is 10.0 Å². The zero-order valence-electron chi connectivity index (χ0n) is 19.3. The molecule has 1 atom stereocenters. The molecule has 1 aliphatic rings. The number of fused-ring (bicyclic) bond motifs is 1. The number of benzene rings is 3. The Morgan fingerprint density at radius 2 is 1.85 bits per heavy atom. The minimum Gasteiger partial charge on any atom is -0.495 e. The van der Waals surface area contributed by atoms with Gasteiger partial charge in [0.15, 0.2) is 0 Å². The second-order valence-corrected chi connectivity index (χ2v) is 10.2. The molecule has 3 aromatic carbocycles. The zero-order chi connectivity index (χ0) is 23.6. The number of amides is 1. The smallest absolute Gasteiger partial charge is 0.258 e. The summed E-state index contributed by atoms with van der Waals surface area (Å²) in [5, 5.41) is 2.01. The largest absolute Gasteiger partial charge is 0.495 e. The fourth-order valence-corrected chi connectivity index (χ4v) is 6.47. The van der Waals surface area contributed by atoms with Crippen LogP contribution in [0.3, 0.4) is 0 Å². The number of ether oxygens (including phenoxy) is 1. The molecular weight excluding hydrogens is 436 g/mol. The number of piperidine rings is 1.